The lowest BCUT2D eigenvalue weighted by Crippen LogP contribution is -2.50. The Labute approximate surface area is 69.4 Å². The maximum atomic E-state index is 4.24. The van der Waals surface area contributed by atoms with E-state index in [9.17, 15) is 0 Å². The molecule has 3 nitrogen and oxygen atoms in total. The second-order valence-electron chi connectivity index (χ2n) is 3.23. The zero-order valence-electron chi connectivity index (χ0n) is 7.75. The van der Waals surface area contributed by atoms with Crippen molar-refractivity contribution in [1.29, 1.82) is 0 Å². The molecule has 1 aliphatic rings. The van der Waals surface area contributed by atoms with Crippen molar-refractivity contribution < 1.29 is 0 Å². The average molecular weight is 156 g/mol. The van der Waals surface area contributed by atoms with E-state index in [1.54, 1.807) is 0 Å². The number of hydrogen-bond donors (Lipinski definition) is 0. The molecule has 1 fully saturated rings. The highest BCUT2D eigenvalue weighted by Crippen LogP contribution is 2.02. The van der Waals surface area contributed by atoms with Crippen LogP contribution in [-0.4, -0.2) is 56.2 Å². The second kappa shape index (κ2) is 4.04. The van der Waals surface area contributed by atoms with Gasteiger partial charge < -0.3 is 4.90 Å². The fourth-order valence-corrected chi connectivity index (χ4v) is 1.36. The molecule has 0 bridgehead atoms. The molecule has 3 heteroatoms. The molecule has 1 rings (SSSR count). The smallest absolute Gasteiger partial charge is 0.0729 e. The third kappa shape index (κ3) is 2.43. The molecule has 0 aromatic carbocycles. The monoisotopic (exact) mass is 156 g/mol. The van der Waals surface area contributed by atoms with Crippen molar-refractivity contribution in [2.24, 2.45) is 0 Å². The van der Waals surface area contributed by atoms with E-state index in [0.717, 1.165) is 13.1 Å². The van der Waals surface area contributed by atoms with Gasteiger partial charge in [0.2, 0.25) is 0 Å². The van der Waals surface area contributed by atoms with Crippen LogP contribution in [0.1, 0.15) is 6.92 Å². The second-order valence-corrected chi connectivity index (χ2v) is 3.23. The minimum atomic E-state index is 0.406. The summed E-state index contributed by atoms with van der Waals surface area (Å²) in [4.78, 5) is 4.78. The van der Waals surface area contributed by atoms with Crippen molar-refractivity contribution in [3.8, 4) is 0 Å². The van der Waals surface area contributed by atoms with Crippen LogP contribution in [0.2, 0.25) is 0 Å². The highest BCUT2D eigenvalue weighted by atomic mass is 15.3. The third-order valence-corrected chi connectivity index (χ3v) is 2.44. The first-order valence-corrected chi connectivity index (χ1v) is 4.25. The van der Waals surface area contributed by atoms with E-state index in [1.807, 2.05) is 7.05 Å². The summed E-state index contributed by atoms with van der Waals surface area (Å²) in [6, 6.07) is 0. The molecule has 11 heavy (non-hydrogen) atoms. The predicted octanol–water partition coefficient (Wildman–Crippen LogP) is -0.186. The Kier molecular flexibility index (Phi) is 3.30. The molecule has 0 aliphatic carbocycles. The summed E-state index contributed by atoms with van der Waals surface area (Å²) in [7, 11) is 4.06. The van der Waals surface area contributed by atoms with Crippen molar-refractivity contribution in [3.63, 3.8) is 0 Å². The molecule has 0 saturated carbocycles. The molecule has 65 valence electrons. The molecule has 1 saturated heterocycles. The predicted molar refractivity (Wildman–Crippen MR) is 46.6 cm³/mol. The maximum Gasteiger partial charge on any atom is 0.0729 e. The molecule has 1 atom stereocenters. The Hall–Kier alpha value is -0.120. The van der Waals surface area contributed by atoms with Gasteiger partial charge >= 0.3 is 0 Å². The van der Waals surface area contributed by atoms with Crippen LogP contribution in [0.5, 0.6) is 0 Å². The van der Waals surface area contributed by atoms with Crippen LogP contribution in [-0.2, 0) is 0 Å². The Bertz CT molecular complexity index is 108. The van der Waals surface area contributed by atoms with Gasteiger partial charge in [-0.05, 0) is 14.0 Å². The summed E-state index contributed by atoms with van der Waals surface area (Å²) in [5.41, 5.74) is 0. The van der Waals surface area contributed by atoms with E-state index in [-0.39, 0.29) is 0 Å². The number of likely N-dealkylation sites (N-methyl/N-ethyl adjacent to an activating group) is 1. The van der Waals surface area contributed by atoms with Crippen LogP contribution in [0.3, 0.4) is 0 Å². The molecule has 0 aromatic rings. The van der Waals surface area contributed by atoms with E-state index in [4.69, 9.17) is 0 Å². The number of nitrogens with zero attached hydrogens (tertiary/aromatic N) is 3. The minimum Gasteiger partial charge on any atom is -0.304 e. The molecule has 1 heterocycles. The quantitative estimate of drug-likeness (QED) is 0.552. The summed E-state index contributed by atoms with van der Waals surface area (Å²) in [5, 5.41) is 4.24. The van der Waals surface area contributed by atoms with Crippen LogP contribution in [0.15, 0.2) is 0 Å². The Morgan fingerprint density at radius 1 is 1.18 bits per heavy atom. The molecule has 1 unspecified atom stereocenters. The standard InChI is InChI=1S/C8H18N3/c1-8(9-2)11-6-4-10(3)5-7-11/h8H,4-7H2,1-3H3. The van der Waals surface area contributed by atoms with E-state index >= 15 is 0 Å². The van der Waals surface area contributed by atoms with Crippen molar-refractivity contribution in [2.45, 2.75) is 13.1 Å². The van der Waals surface area contributed by atoms with Crippen molar-refractivity contribution in [3.05, 3.63) is 0 Å². The Balaban J connectivity index is 2.27. The first kappa shape index (κ1) is 8.97. The van der Waals surface area contributed by atoms with Crippen LogP contribution >= 0.6 is 0 Å². The van der Waals surface area contributed by atoms with E-state index in [0.29, 0.717) is 6.17 Å². The van der Waals surface area contributed by atoms with Gasteiger partial charge in [0.15, 0.2) is 0 Å². The Morgan fingerprint density at radius 3 is 2.18 bits per heavy atom. The van der Waals surface area contributed by atoms with Gasteiger partial charge in [-0.1, -0.05) is 0 Å². The fourth-order valence-electron chi connectivity index (χ4n) is 1.36. The molecular weight excluding hydrogens is 138 g/mol. The first-order chi connectivity index (χ1) is 5.24. The molecular formula is C8H18N3. The van der Waals surface area contributed by atoms with Gasteiger partial charge in [-0.3, -0.25) is 4.90 Å². The van der Waals surface area contributed by atoms with Crippen LogP contribution in [0.4, 0.5) is 0 Å². The Morgan fingerprint density at radius 2 is 1.73 bits per heavy atom. The normalized spacial score (nSPS) is 25.4. The maximum absolute atomic E-state index is 4.24. The zero-order valence-corrected chi connectivity index (χ0v) is 7.75. The summed E-state index contributed by atoms with van der Waals surface area (Å²) in [6.45, 7) is 6.84. The number of hydrogen-bond acceptors (Lipinski definition) is 2. The average Bonchev–Trinajstić information content (AvgIpc) is 2.05. The lowest BCUT2D eigenvalue weighted by molar-refractivity contribution is 0.105. The van der Waals surface area contributed by atoms with E-state index in [2.05, 4.69) is 29.1 Å². The van der Waals surface area contributed by atoms with Gasteiger partial charge in [0.05, 0.1) is 6.17 Å². The minimum absolute atomic E-state index is 0.406. The number of rotatable bonds is 2. The number of piperazine rings is 1. The molecule has 0 aromatic heterocycles. The van der Waals surface area contributed by atoms with Gasteiger partial charge in [0, 0.05) is 33.2 Å². The van der Waals surface area contributed by atoms with Crippen molar-refractivity contribution in [2.75, 3.05) is 40.3 Å². The topological polar surface area (TPSA) is 20.6 Å². The largest absolute Gasteiger partial charge is 0.304 e. The van der Waals surface area contributed by atoms with Crippen LogP contribution in [0, 0.1) is 0 Å². The van der Waals surface area contributed by atoms with Crippen LogP contribution < -0.4 is 5.32 Å². The highest BCUT2D eigenvalue weighted by Gasteiger charge is 2.17. The molecule has 0 amide bonds. The lowest BCUT2D eigenvalue weighted by atomic mass is 10.3. The van der Waals surface area contributed by atoms with Gasteiger partial charge in [-0.2, -0.15) is 0 Å². The third-order valence-electron chi connectivity index (χ3n) is 2.44. The van der Waals surface area contributed by atoms with E-state index < -0.39 is 0 Å². The molecule has 0 N–H and O–H groups in total. The van der Waals surface area contributed by atoms with E-state index in [1.165, 1.54) is 13.1 Å². The first-order valence-electron chi connectivity index (χ1n) is 4.25. The van der Waals surface area contributed by atoms with Gasteiger partial charge in [-0.15, -0.1) is 0 Å². The zero-order chi connectivity index (χ0) is 8.27. The molecule has 1 radical (unpaired) electrons. The lowest BCUT2D eigenvalue weighted by Gasteiger charge is -2.35. The van der Waals surface area contributed by atoms with Gasteiger partial charge in [-0.25, -0.2) is 5.32 Å². The SMILES string of the molecule is C[N]C(C)N1CCN(C)CC1. The van der Waals surface area contributed by atoms with Gasteiger partial charge in [0.25, 0.3) is 0 Å². The van der Waals surface area contributed by atoms with Crippen molar-refractivity contribution in [1.82, 2.24) is 15.1 Å². The summed E-state index contributed by atoms with van der Waals surface area (Å²) >= 11 is 0. The van der Waals surface area contributed by atoms with Crippen molar-refractivity contribution >= 4 is 0 Å². The highest BCUT2D eigenvalue weighted by molar-refractivity contribution is 4.71. The van der Waals surface area contributed by atoms with Crippen LogP contribution in [0.25, 0.3) is 0 Å². The summed E-state index contributed by atoms with van der Waals surface area (Å²) in [5.74, 6) is 0. The van der Waals surface area contributed by atoms with Gasteiger partial charge in [0.1, 0.15) is 0 Å². The molecule has 0 spiro atoms. The fraction of sp³-hybridized carbons (Fsp3) is 1.00. The molecule has 1 aliphatic heterocycles. The summed E-state index contributed by atoms with van der Waals surface area (Å²) < 4.78 is 0. The summed E-state index contributed by atoms with van der Waals surface area (Å²) in [6.07, 6.45) is 0.406.